The summed E-state index contributed by atoms with van der Waals surface area (Å²) in [5.74, 6) is -0.767. The molecule has 29 heavy (non-hydrogen) atoms. The van der Waals surface area contributed by atoms with Gasteiger partial charge in [0, 0.05) is 10.4 Å². The summed E-state index contributed by atoms with van der Waals surface area (Å²) in [6.07, 6.45) is -0.797. The van der Waals surface area contributed by atoms with E-state index >= 15 is 0 Å². The van der Waals surface area contributed by atoms with Crippen molar-refractivity contribution in [1.29, 1.82) is 5.26 Å². The van der Waals surface area contributed by atoms with Crippen molar-refractivity contribution in [3.05, 3.63) is 63.7 Å². The van der Waals surface area contributed by atoms with Gasteiger partial charge in [0.2, 0.25) is 0 Å². The number of aryl methyl sites for hydroxylation is 1. The maximum Gasteiger partial charge on any atom is 0.417 e. The SMILES string of the molecule is N#Cc1c(NC(=O)c2ccc(-c3ccccc3C(F)(F)F)o2)sc2c1CCCC2. The largest absolute Gasteiger partial charge is 0.451 e. The molecule has 2 heterocycles. The normalized spacial score (nSPS) is 13.6. The predicted molar refractivity (Wildman–Crippen MR) is 103 cm³/mol. The van der Waals surface area contributed by atoms with Crippen LogP contribution in [0.1, 0.15) is 45.0 Å². The highest BCUT2D eigenvalue weighted by atomic mass is 32.1. The summed E-state index contributed by atoms with van der Waals surface area (Å²) < 4.78 is 45.1. The molecule has 1 aliphatic rings. The monoisotopic (exact) mass is 416 g/mol. The van der Waals surface area contributed by atoms with Gasteiger partial charge in [-0.05, 0) is 49.4 Å². The number of anilines is 1. The molecule has 1 aromatic carbocycles. The van der Waals surface area contributed by atoms with E-state index in [4.69, 9.17) is 4.42 Å². The molecule has 1 N–H and O–H groups in total. The Kier molecular flexibility index (Phi) is 4.92. The molecular formula is C21H15F3N2O2S. The summed E-state index contributed by atoms with van der Waals surface area (Å²) in [4.78, 5) is 13.7. The van der Waals surface area contributed by atoms with Gasteiger partial charge in [-0.25, -0.2) is 0 Å². The first kappa shape index (κ1) is 19.3. The average molecular weight is 416 g/mol. The van der Waals surface area contributed by atoms with E-state index in [1.54, 1.807) is 0 Å². The molecule has 0 saturated heterocycles. The minimum Gasteiger partial charge on any atom is -0.451 e. The number of nitrogens with one attached hydrogen (secondary N) is 1. The fourth-order valence-electron chi connectivity index (χ4n) is 3.49. The maximum atomic E-state index is 13.2. The van der Waals surface area contributed by atoms with Gasteiger partial charge in [0.1, 0.15) is 16.8 Å². The smallest absolute Gasteiger partial charge is 0.417 e. The molecule has 0 atom stereocenters. The molecule has 8 heteroatoms. The lowest BCUT2D eigenvalue weighted by Crippen LogP contribution is -2.11. The second-order valence-electron chi connectivity index (χ2n) is 6.69. The van der Waals surface area contributed by atoms with Crippen LogP contribution in [0.4, 0.5) is 18.2 Å². The molecule has 0 bridgehead atoms. The second-order valence-corrected chi connectivity index (χ2v) is 7.79. The first-order valence-electron chi connectivity index (χ1n) is 9.01. The van der Waals surface area contributed by atoms with Crippen LogP contribution in [0, 0.1) is 11.3 Å². The van der Waals surface area contributed by atoms with Crippen molar-refractivity contribution in [1.82, 2.24) is 0 Å². The molecule has 1 aliphatic carbocycles. The van der Waals surface area contributed by atoms with Crippen molar-refractivity contribution < 1.29 is 22.4 Å². The zero-order valence-corrected chi connectivity index (χ0v) is 15.9. The minimum absolute atomic E-state index is 0.0472. The van der Waals surface area contributed by atoms with Crippen LogP contribution >= 0.6 is 11.3 Å². The lowest BCUT2D eigenvalue weighted by molar-refractivity contribution is -0.137. The number of halogens is 3. The summed E-state index contributed by atoms with van der Waals surface area (Å²) >= 11 is 1.37. The van der Waals surface area contributed by atoms with E-state index in [1.165, 1.54) is 41.7 Å². The Balaban J connectivity index is 1.61. The Morgan fingerprint density at radius 1 is 1.14 bits per heavy atom. The van der Waals surface area contributed by atoms with Crippen molar-refractivity contribution in [2.75, 3.05) is 5.32 Å². The predicted octanol–water partition coefficient (Wildman–Crippen LogP) is 6.03. The number of hydrogen-bond acceptors (Lipinski definition) is 4. The van der Waals surface area contributed by atoms with Gasteiger partial charge in [0.05, 0.1) is 11.1 Å². The van der Waals surface area contributed by atoms with E-state index in [1.807, 2.05) is 0 Å². The minimum atomic E-state index is -4.54. The Morgan fingerprint density at radius 3 is 2.66 bits per heavy atom. The summed E-state index contributed by atoms with van der Waals surface area (Å²) in [5, 5.41) is 12.6. The van der Waals surface area contributed by atoms with Crippen molar-refractivity contribution in [3.63, 3.8) is 0 Å². The lowest BCUT2D eigenvalue weighted by atomic mass is 9.96. The van der Waals surface area contributed by atoms with Gasteiger partial charge < -0.3 is 9.73 Å². The molecule has 0 fully saturated rings. The number of nitrogens with zero attached hydrogens (tertiary/aromatic N) is 1. The summed E-state index contributed by atoms with van der Waals surface area (Å²) in [6.45, 7) is 0. The van der Waals surface area contributed by atoms with Gasteiger partial charge in [0.15, 0.2) is 5.76 Å². The fraction of sp³-hybridized carbons (Fsp3) is 0.238. The third kappa shape index (κ3) is 3.66. The van der Waals surface area contributed by atoms with Crippen LogP contribution in [-0.4, -0.2) is 5.91 Å². The summed E-state index contributed by atoms with van der Waals surface area (Å²) in [7, 11) is 0. The topological polar surface area (TPSA) is 66.0 Å². The number of benzene rings is 1. The molecule has 0 saturated carbocycles. The zero-order valence-electron chi connectivity index (χ0n) is 15.1. The second kappa shape index (κ2) is 7.41. The molecule has 0 radical (unpaired) electrons. The zero-order chi connectivity index (χ0) is 20.6. The van der Waals surface area contributed by atoms with Gasteiger partial charge in [0.25, 0.3) is 5.91 Å². The van der Waals surface area contributed by atoms with Crippen molar-refractivity contribution in [2.45, 2.75) is 31.9 Å². The number of amides is 1. The molecular weight excluding hydrogens is 401 g/mol. The number of hydrogen-bond donors (Lipinski definition) is 1. The number of fused-ring (bicyclic) bond motifs is 1. The average Bonchev–Trinajstić information content (AvgIpc) is 3.32. The van der Waals surface area contributed by atoms with E-state index in [0.717, 1.165) is 42.2 Å². The maximum absolute atomic E-state index is 13.2. The summed E-state index contributed by atoms with van der Waals surface area (Å²) in [5.41, 5.74) is 0.480. The number of carbonyl (C=O) groups excluding carboxylic acids is 1. The third-order valence-corrected chi connectivity index (χ3v) is 6.05. The molecule has 3 aromatic rings. The molecule has 0 unspecified atom stereocenters. The molecule has 1 amide bonds. The van der Waals surface area contributed by atoms with Crippen LogP contribution in [0.3, 0.4) is 0 Å². The Morgan fingerprint density at radius 2 is 1.90 bits per heavy atom. The van der Waals surface area contributed by atoms with Gasteiger partial charge in [-0.15, -0.1) is 11.3 Å². The molecule has 0 spiro atoms. The van der Waals surface area contributed by atoms with Gasteiger partial charge >= 0.3 is 6.18 Å². The number of rotatable bonds is 3. The van der Waals surface area contributed by atoms with Gasteiger partial charge in [-0.2, -0.15) is 18.4 Å². The van der Waals surface area contributed by atoms with Crippen molar-refractivity contribution >= 4 is 22.2 Å². The molecule has 0 aliphatic heterocycles. The van der Waals surface area contributed by atoms with Gasteiger partial charge in [-0.1, -0.05) is 18.2 Å². The van der Waals surface area contributed by atoms with Crippen LogP contribution < -0.4 is 5.32 Å². The Bertz CT molecular complexity index is 1120. The van der Waals surface area contributed by atoms with Gasteiger partial charge in [-0.3, -0.25) is 4.79 Å². The number of furan rings is 1. The number of nitriles is 1. The Hall–Kier alpha value is -3.05. The molecule has 2 aromatic heterocycles. The number of carbonyl (C=O) groups is 1. The quantitative estimate of drug-likeness (QED) is 0.567. The fourth-order valence-corrected chi connectivity index (χ4v) is 4.72. The molecule has 148 valence electrons. The number of alkyl halides is 3. The summed E-state index contributed by atoms with van der Waals surface area (Å²) in [6, 6.07) is 9.86. The highest BCUT2D eigenvalue weighted by Gasteiger charge is 2.34. The van der Waals surface area contributed by atoms with Crippen molar-refractivity contribution in [3.8, 4) is 17.4 Å². The molecule has 4 rings (SSSR count). The molecule has 4 nitrogen and oxygen atoms in total. The van der Waals surface area contributed by atoms with Crippen molar-refractivity contribution in [2.24, 2.45) is 0 Å². The van der Waals surface area contributed by atoms with Crippen LogP contribution in [-0.2, 0) is 19.0 Å². The first-order valence-corrected chi connectivity index (χ1v) is 9.82. The van der Waals surface area contributed by atoms with Crippen LogP contribution in [0.5, 0.6) is 0 Å². The standard InChI is InChI=1S/C21H15F3N2O2S/c22-21(23,24)15-7-3-1-6-13(15)16-9-10-17(28-16)19(27)26-20-14(11-25)12-5-2-4-8-18(12)29-20/h1,3,6-7,9-10H,2,4-5,8H2,(H,26,27). The van der Waals surface area contributed by atoms with E-state index in [-0.39, 0.29) is 17.1 Å². The van der Waals surface area contributed by atoms with Crippen LogP contribution in [0.15, 0.2) is 40.8 Å². The lowest BCUT2D eigenvalue weighted by Gasteiger charge is -2.10. The van der Waals surface area contributed by atoms with E-state index in [9.17, 15) is 23.2 Å². The third-order valence-electron chi connectivity index (χ3n) is 4.84. The van der Waals surface area contributed by atoms with Crippen LogP contribution in [0.2, 0.25) is 0 Å². The highest BCUT2D eigenvalue weighted by Crippen LogP contribution is 2.39. The first-order chi connectivity index (χ1) is 13.9. The van der Waals surface area contributed by atoms with E-state index in [2.05, 4.69) is 11.4 Å². The van der Waals surface area contributed by atoms with E-state index in [0.29, 0.717) is 10.6 Å². The highest BCUT2D eigenvalue weighted by molar-refractivity contribution is 7.16. The Labute approximate surface area is 168 Å². The van der Waals surface area contributed by atoms with E-state index < -0.39 is 17.6 Å². The van der Waals surface area contributed by atoms with Crippen LogP contribution in [0.25, 0.3) is 11.3 Å². The number of thiophene rings is 1.